The van der Waals surface area contributed by atoms with Crippen LogP contribution in [0, 0.1) is 5.82 Å². The minimum absolute atomic E-state index is 0.107. The van der Waals surface area contributed by atoms with Crippen molar-refractivity contribution >= 4 is 29.0 Å². The number of rotatable bonds is 7. The van der Waals surface area contributed by atoms with Crippen molar-refractivity contribution in [2.75, 3.05) is 23.4 Å². The fourth-order valence-corrected chi connectivity index (χ4v) is 4.61. The Labute approximate surface area is 206 Å². The first-order valence-electron chi connectivity index (χ1n) is 11.6. The van der Waals surface area contributed by atoms with Gasteiger partial charge in [0.05, 0.1) is 6.54 Å². The summed E-state index contributed by atoms with van der Waals surface area (Å²) in [6.07, 6.45) is 0.760. The maximum absolute atomic E-state index is 14.3. The lowest BCUT2D eigenvalue weighted by molar-refractivity contribution is -0.127. The molecule has 190 valence electrons. The molecule has 0 aromatic heterocycles. The highest BCUT2D eigenvalue weighted by Crippen LogP contribution is 2.48. The Hall–Kier alpha value is -3.69. The number of carbonyl (C=O) groups is 2. The van der Waals surface area contributed by atoms with Crippen molar-refractivity contribution in [1.29, 1.82) is 0 Å². The molecule has 1 atom stereocenters. The maximum Gasteiger partial charge on any atom is 0.255 e. The number of halogens is 4. The van der Waals surface area contributed by atoms with E-state index in [1.807, 2.05) is 0 Å². The lowest BCUT2D eigenvalue weighted by Gasteiger charge is -2.41. The number of para-hydroxylation sites is 1. The number of aliphatic imine (C=N–C) groups is 1. The SMILES string of the molecule is CC/C=C(/F)C(=NC)NCC(=O)N(c1cccc(F)c1)C1C(=O)N(C2CC(F)(F)C2)c2ccccc21. The number of alkyl halides is 2. The van der Waals surface area contributed by atoms with Gasteiger partial charge >= 0.3 is 0 Å². The van der Waals surface area contributed by atoms with Crippen molar-refractivity contribution in [1.82, 2.24) is 5.32 Å². The van der Waals surface area contributed by atoms with E-state index in [4.69, 9.17) is 0 Å². The Morgan fingerprint density at radius 2 is 1.94 bits per heavy atom. The second kappa shape index (κ2) is 10.1. The van der Waals surface area contributed by atoms with E-state index in [-0.39, 0.29) is 11.5 Å². The molecule has 0 saturated heterocycles. The summed E-state index contributed by atoms with van der Waals surface area (Å²) in [5.74, 6) is -5.47. The van der Waals surface area contributed by atoms with Crippen LogP contribution < -0.4 is 15.1 Å². The molecule has 2 aromatic rings. The van der Waals surface area contributed by atoms with E-state index in [9.17, 15) is 27.2 Å². The molecule has 1 N–H and O–H groups in total. The van der Waals surface area contributed by atoms with Gasteiger partial charge in [0.25, 0.3) is 11.8 Å². The van der Waals surface area contributed by atoms with E-state index >= 15 is 0 Å². The van der Waals surface area contributed by atoms with Crippen molar-refractivity contribution < 1.29 is 27.2 Å². The van der Waals surface area contributed by atoms with Gasteiger partial charge in [0, 0.05) is 42.9 Å². The van der Waals surface area contributed by atoms with Gasteiger partial charge in [-0.15, -0.1) is 0 Å². The monoisotopic (exact) mass is 502 g/mol. The molecule has 0 radical (unpaired) electrons. The highest BCUT2D eigenvalue weighted by atomic mass is 19.3. The summed E-state index contributed by atoms with van der Waals surface area (Å²) in [4.78, 5) is 33.5. The van der Waals surface area contributed by atoms with E-state index in [1.54, 1.807) is 31.2 Å². The summed E-state index contributed by atoms with van der Waals surface area (Å²) < 4.78 is 55.8. The van der Waals surface area contributed by atoms with Crippen molar-refractivity contribution in [3.05, 3.63) is 71.8 Å². The molecule has 0 bridgehead atoms. The van der Waals surface area contributed by atoms with Crippen LogP contribution in [0.2, 0.25) is 0 Å². The van der Waals surface area contributed by atoms with Crippen LogP contribution in [0.25, 0.3) is 0 Å². The molecule has 10 heteroatoms. The average molecular weight is 503 g/mol. The third-order valence-electron chi connectivity index (χ3n) is 6.25. The van der Waals surface area contributed by atoms with E-state index in [0.717, 1.165) is 11.0 Å². The number of hydrogen-bond acceptors (Lipinski definition) is 3. The first kappa shape index (κ1) is 25.4. The molecule has 1 aliphatic heterocycles. The van der Waals surface area contributed by atoms with Crippen molar-refractivity contribution in [2.45, 2.75) is 44.2 Å². The van der Waals surface area contributed by atoms with Gasteiger partial charge in [0.1, 0.15) is 11.9 Å². The molecule has 2 aromatic carbocycles. The first-order chi connectivity index (χ1) is 17.2. The van der Waals surface area contributed by atoms with Gasteiger partial charge < -0.3 is 10.2 Å². The number of nitrogens with one attached hydrogen (secondary N) is 1. The number of allylic oxidation sites excluding steroid dienone is 1. The Morgan fingerprint density at radius 1 is 1.22 bits per heavy atom. The number of hydrogen-bond donors (Lipinski definition) is 1. The molecule has 2 aliphatic rings. The zero-order valence-electron chi connectivity index (χ0n) is 19.8. The van der Waals surface area contributed by atoms with E-state index < -0.39 is 60.9 Å². The number of anilines is 2. The average Bonchev–Trinajstić information content (AvgIpc) is 3.10. The number of amides is 2. The Bertz CT molecular complexity index is 1220. The molecule has 2 amide bonds. The fourth-order valence-electron chi connectivity index (χ4n) is 4.61. The van der Waals surface area contributed by atoms with E-state index in [2.05, 4.69) is 10.3 Å². The first-order valence-corrected chi connectivity index (χ1v) is 11.6. The summed E-state index contributed by atoms with van der Waals surface area (Å²) >= 11 is 0. The predicted octanol–water partition coefficient (Wildman–Crippen LogP) is 4.93. The minimum Gasteiger partial charge on any atom is -0.359 e. The Kier molecular flexibility index (Phi) is 7.14. The highest BCUT2D eigenvalue weighted by molar-refractivity contribution is 6.12. The smallest absolute Gasteiger partial charge is 0.255 e. The molecular formula is C26H26F4N4O2. The van der Waals surface area contributed by atoms with Crippen molar-refractivity contribution in [3.8, 4) is 0 Å². The number of fused-ring (bicyclic) bond motifs is 1. The van der Waals surface area contributed by atoms with Crippen LogP contribution in [0.15, 0.2) is 65.4 Å². The normalized spacial score (nSPS) is 19.7. The summed E-state index contributed by atoms with van der Waals surface area (Å²) in [5, 5.41) is 2.65. The van der Waals surface area contributed by atoms with Gasteiger partial charge in [-0.25, -0.2) is 17.6 Å². The van der Waals surface area contributed by atoms with Gasteiger partial charge in [-0.05, 0) is 36.8 Å². The molecule has 1 fully saturated rings. The summed E-state index contributed by atoms with van der Waals surface area (Å²) in [5.41, 5.74) is 0.981. The van der Waals surface area contributed by atoms with Gasteiger partial charge in [0.2, 0.25) is 5.91 Å². The Morgan fingerprint density at radius 3 is 2.58 bits per heavy atom. The quantitative estimate of drug-likeness (QED) is 0.332. The molecule has 1 heterocycles. The summed E-state index contributed by atoms with van der Waals surface area (Å²) in [6, 6.07) is 9.91. The van der Waals surface area contributed by atoms with Crippen LogP contribution in [0.5, 0.6) is 0 Å². The molecular weight excluding hydrogens is 476 g/mol. The van der Waals surface area contributed by atoms with E-state index in [1.165, 1.54) is 36.2 Å². The Balaban J connectivity index is 1.70. The summed E-state index contributed by atoms with van der Waals surface area (Å²) in [6.45, 7) is 1.30. The third kappa shape index (κ3) is 4.84. The van der Waals surface area contributed by atoms with Crippen LogP contribution in [0.4, 0.5) is 28.9 Å². The van der Waals surface area contributed by atoms with Crippen LogP contribution in [0.1, 0.15) is 37.8 Å². The maximum atomic E-state index is 14.3. The van der Waals surface area contributed by atoms with E-state index in [0.29, 0.717) is 17.7 Å². The van der Waals surface area contributed by atoms with Gasteiger partial charge in [-0.1, -0.05) is 31.2 Å². The van der Waals surface area contributed by atoms with Crippen LogP contribution in [-0.4, -0.2) is 43.2 Å². The molecule has 6 nitrogen and oxygen atoms in total. The highest BCUT2D eigenvalue weighted by Gasteiger charge is 2.54. The number of amidine groups is 1. The van der Waals surface area contributed by atoms with Crippen LogP contribution in [-0.2, 0) is 9.59 Å². The fraction of sp³-hybridized carbons (Fsp3) is 0.346. The molecule has 4 rings (SSSR count). The van der Waals surface area contributed by atoms with Crippen molar-refractivity contribution in [2.24, 2.45) is 4.99 Å². The van der Waals surface area contributed by atoms with Gasteiger partial charge in [-0.3, -0.25) is 19.5 Å². The van der Waals surface area contributed by atoms with Crippen molar-refractivity contribution in [3.63, 3.8) is 0 Å². The molecule has 1 saturated carbocycles. The third-order valence-corrected chi connectivity index (χ3v) is 6.25. The lowest BCUT2D eigenvalue weighted by atomic mass is 9.87. The topological polar surface area (TPSA) is 65.0 Å². The molecule has 1 aliphatic carbocycles. The number of carbonyl (C=O) groups excluding carboxylic acids is 2. The van der Waals surface area contributed by atoms with Gasteiger partial charge in [-0.2, -0.15) is 0 Å². The molecule has 36 heavy (non-hydrogen) atoms. The van der Waals surface area contributed by atoms with Crippen LogP contribution in [0.3, 0.4) is 0 Å². The second-order valence-corrected chi connectivity index (χ2v) is 8.72. The second-order valence-electron chi connectivity index (χ2n) is 8.72. The summed E-state index contributed by atoms with van der Waals surface area (Å²) in [7, 11) is 1.36. The lowest BCUT2D eigenvalue weighted by Crippen LogP contribution is -2.54. The molecule has 1 unspecified atom stereocenters. The number of nitrogens with zero attached hydrogens (tertiary/aromatic N) is 3. The van der Waals surface area contributed by atoms with Gasteiger partial charge in [0.15, 0.2) is 11.7 Å². The minimum atomic E-state index is -2.86. The zero-order chi connectivity index (χ0) is 26.0. The number of benzene rings is 2. The zero-order valence-corrected chi connectivity index (χ0v) is 19.8. The molecule has 0 spiro atoms. The largest absolute Gasteiger partial charge is 0.359 e. The predicted molar refractivity (Wildman–Crippen MR) is 129 cm³/mol. The van der Waals surface area contributed by atoms with Crippen LogP contribution >= 0.6 is 0 Å². The standard InChI is InChI=1S/C26H26F4N4O2/c1-3-7-20(28)24(31-2)32-15-22(35)34(17-9-6-8-16(27)12-17)23-19-10-4-5-11-21(19)33(25(23)36)18-13-26(29,30)14-18/h4-12,18,23H,3,13-15H2,1-2H3,(H,31,32)/b20-7+.